The number of benzene rings is 1. The number of carbonyl (C=O) groups excluding carboxylic acids is 1. The van der Waals surface area contributed by atoms with Crippen LogP contribution in [0.1, 0.15) is 16.2 Å². The van der Waals surface area contributed by atoms with Crippen LogP contribution in [-0.4, -0.2) is 16.1 Å². The lowest BCUT2D eigenvalue weighted by Crippen LogP contribution is -2.15. The Morgan fingerprint density at radius 3 is 2.50 bits per heavy atom. The minimum absolute atomic E-state index is 0.176. The summed E-state index contributed by atoms with van der Waals surface area (Å²) >= 11 is 11.8. The summed E-state index contributed by atoms with van der Waals surface area (Å²) in [6.07, 6.45) is 1.60. The molecule has 3 rings (SSSR count). The number of halogens is 2. The van der Waals surface area contributed by atoms with Gasteiger partial charge in [0, 0.05) is 15.7 Å². The highest BCUT2D eigenvalue weighted by Crippen LogP contribution is 2.22. The molecule has 0 aliphatic heterocycles. The number of nitrogens with zero attached hydrogens (tertiary/aromatic N) is 2. The lowest BCUT2D eigenvalue weighted by Gasteiger charge is -2.06. The minimum Gasteiger partial charge on any atom is -0.467 e. The molecule has 0 aliphatic rings. The number of hydrogen-bond acceptors (Lipinski definition) is 5. The molecule has 122 valence electrons. The Morgan fingerprint density at radius 1 is 1.08 bits per heavy atom. The molecular weight excluding hydrogens is 351 g/mol. The number of hydrogen-bond donors (Lipinski definition) is 2. The summed E-state index contributed by atoms with van der Waals surface area (Å²) in [5.41, 5.74) is 0.661. The second-order valence-corrected chi connectivity index (χ2v) is 5.72. The number of carbonyl (C=O) groups is 1. The average molecular weight is 363 g/mol. The number of nitrogens with one attached hydrogen (secondary N) is 2. The van der Waals surface area contributed by atoms with E-state index in [0.29, 0.717) is 28.1 Å². The lowest BCUT2D eigenvalue weighted by molar-refractivity contribution is 0.102. The van der Waals surface area contributed by atoms with Gasteiger partial charge < -0.3 is 15.1 Å². The molecule has 0 spiro atoms. The van der Waals surface area contributed by atoms with E-state index in [0.717, 1.165) is 5.76 Å². The van der Waals surface area contributed by atoms with Gasteiger partial charge in [-0.1, -0.05) is 23.2 Å². The van der Waals surface area contributed by atoms with Gasteiger partial charge in [0.15, 0.2) is 5.69 Å². The summed E-state index contributed by atoms with van der Waals surface area (Å²) in [6.45, 7) is 0.480. The smallest absolute Gasteiger partial charge is 0.276 e. The first-order chi connectivity index (χ1) is 11.6. The highest BCUT2D eigenvalue weighted by molar-refractivity contribution is 6.35. The van der Waals surface area contributed by atoms with Gasteiger partial charge in [-0.3, -0.25) is 4.79 Å². The predicted octanol–water partition coefficient (Wildman–Crippen LogP) is 4.24. The molecule has 0 aliphatic carbocycles. The molecule has 0 saturated heterocycles. The summed E-state index contributed by atoms with van der Waals surface area (Å²) in [7, 11) is 0. The molecule has 24 heavy (non-hydrogen) atoms. The lowest BCUT2D eigenvalue weighted by atomic mass is 10.3. The molecule has 2 heterocycles. The Morgan fingerprint density at radius 2 is 1.88 bits per heavy atom. The van der Waals surface area contributed by atoms with Gasteiger partial charge in [-0.15, -0.1) is 10.2 Å². The van der Waals surface area contributed by atoms with Gasteiger partial charge in [0.1, 0.15) is 11.6 Å². The second-order valence-electron chi connectivity index (χ2n) is 4.85. The van der Waals surface area contributed by atoms with E-state index >= 15 is 0 Å². The van der Waals surface area contributed by atoms with Crippen molar-refractivity contribution in [2.75, 3.05) is 10.6 Å². The van der Waals surface area contributed by atoms with Gasteiger partial charge in [0.2, 0.25) is 0 Å². The van der Waals surface area contributed by atoms with E-state index in [2.05, 4.69) is 20.8 Å². The maximum absolute atomic E-state index is 12.2. The molecule has 0 fully saturated rings. The number of anilines is 2. The van der Waals surface area contributed by atoms with E-state index in [9.17, 15) is 4.79 Å². The third-order valence-corrected chi connectivity index (χ3v) is 3.48. The average Bonchev–Trinajstić information content (AvgIpc) is 3.06. The van der Waals surface area contributed by atoms with Crippen LogP contribution in [0.5, 0.6) is 0 Å². The summed E-state index contributed by atoms with van der Waals surface area (Å²) in [5.74, 6) is 0.906. The van der Waals surface area contributed by atoms with Crippen molar-refractivity contribution >= 4 is 40.6 Å². The van der Waals surface area contributed by atoms with Crippen molar-refractivity contribution in [2.45, 2.75) is 6.54 Å². The van der Waals surface area contributed by atoms with Crippen LogP contribution >= 0.6 is 23.2 Å². The van der Waals surface area contributed by atoms with Gasteiger partial charge in [-0.2, -0.15) is 0 Å². The van der Waals surface area contributed by atoms with Crippen molar-refractivity contribution in [3.63, 3.8) is 0 Å². The van der Waals surface area contributed by atoms with Crippen LogP contribution in [-0.2, 0) is 6.54 Å². The molecule has 0 unspecified atom stereocenters. The van der Waals surface area contributed by atoms with Crippen LogP contribution < -0.4 is 10.6 Å². The van der Waals surface area contributed by atoms with Gasteiger partial charge >= 0.3 is 0 Å². The molecule has 1 aromatic carbocycles. The van der Waals surface area contributed by atoms with Crippen molar-refractivity contribution in [2.24, 2.45) is 0 Å². The quantitative estimate of drug-likeness (QED) is 0.709. The Kier molecular flexibility index (Phi) is 4.98. The first-order valence-electron chi connectivity index (χ1n) is 6.97. The largest absolute Gasteiger partial charge is 0.467 e. The van der Waals surface area contributed by atoms with E-state index < -0.39 is 5.91 Å². The number of aromatic nitrogens is 2. The monoisotopic (exact) mass is 362 g/mol. The number of rotatable bonds is 5. The van der Waals surface area contributed by atoms with E-state index in [4.69, 9.17) is 27.6 Å². The van der Waals surface area contributed by atoms with Crippen molar-refractivity contribution in [3.8, 4) is 0 Å². The fourth-order valence-electron chi connectivity index (χ4n) is 1.96. The highest BCUT2D eigenvalue weighted by atomic mass is 35.5. The predicted molar refractivity (Wildman–Crippen MR) is 92.5 cm³/mol. The van der Waals surface area contributed by atoms with Crippen LogP contribution in [0.4, 0.5) is 11.5 Å². The molecule has 8 heteroatoms. The molecule has 1 amide bonds. The molecule has 0 atom stereocenters. The minimum atomic E-state index is -0.404. The van der Waals surface area contributed by atoms with Crippen molar-refractivity contribution < 1.29 is 9.21 Å². The van der Waals surface area contributed by atoms with Crippen LogP contribution in [0.3, 0.4) is 0 Å². The van der Waals surface area contributed by atoms with Gasteiger partial charge in [0.05, 0.1) is 12.8 Å². The summed E-state index contributed by atoms with van der Waals surface area (Å²) < 4.78 is 5.21. The Balaban J connectivity index is 1.63. The molecule has 2 aromatic heterocycles. The van der Waals surface area contributed by atoms with E-state index in [1.165, 1.54) is 0 Å². The fourth-order valence-corrected chi connectivity index (χ4v) is 2.49. The van der Waals surface area contributed by atoms with E-state index in [1.807, 2.05) is 6.07 Å². The topological polar surface area (TPSA) is 80.0 Å². The molecule has 0 radical (unpaired) electrons. The van der Waals surface area contributed by atoms with Gasteiger partial charge in [0.25, 0.3) is 5.91 Å². The number of amides is 1. The Labute approximate surface area is 147 Å². The zero-order chi connectivity index (χ0) is 16.9. The highest BCUT2D eigenvalue weighted by Gasteiger charge is 2.10. The summed E-state index contributed by atoms with van der Waals surface area (Å²) in [4.78, 5) is 12.2. The standard InChI is InChI=1S/C16H12Cl2N4O2/c17-10-6-11(18)8-12(7-10)20-16(23)14-3-4-15(22-21-14)19-9-13-2-1-5-24-13/h1-8H,9H2,(H,19,22)(H,20,23). The van der Waals surface area contributed by atoms with Crippen molar-refractivity contribution in [1.29, 1.82) is 0 Å². The normalized spacial score (nSPS) is 10.4. The van der Waals surface area contributed by atoms with E-state index in [1.54, 1.807) is 42.7 Å². The molecular formula is C16H12Cl2N4O2. The second kappa shape index (κ2) is 7.33. The first kappa shape index (κ1) is 16.3. The molecule has 6 nitrogen and oxygen atoms in total. The van der Waals surface area contributed by atoms with Gasteiger partial charge in [-0.05, 0) is 42.5 Å². The third-order valence-electron chi connectivity index (χ3n) is 3.04. The number of furan rings is 1. The zero-order valence-corrected chi connectivity index (χ0v) is 13.8. The molecule has 2 N–H and O–H groups in total. The van der Waals surface area contributed by atoms with Crippen LogP contribution in [0.25, 0.3) is 0 Å². The first-order valence-corrected chi connectivity index (χ1v) is 7.73. The van der Waals surface area contributed by atoms with E-state index in [-0.39, 0.29) is 5.69 Å². The van der Waals surface area contributed by atoms with Crippen molar-refractivity contribution in [1.82, 2.24) is 10.2 Å². The summed E-state index contributed by atoms with van der Waals surface area (Å²) in [5, 5.41) is 14.4. The molecule has 0 saturated carbocycles. The zero-order valence-electron chi connectivity index (χ0n) is 12.3. The maximum Gasteiger partial charge on any atom is 0.276 e. The van der Waals surface area contributed by atoms with Crippen LogP contribution in [0.2, 0.25) is 10.0 Å². The van der Waals surface area contributed by atoms with Crippen LogP contribution in [0.15, 0.2) is 53.1 Å². The fraction of sp³-hybridized carbons (Fsp3) is 0.0625. The summed E-state index contributed by atoms with van der Waals surface area (Å²) in [6, 6.07) is 11.7. The molecule has 0 bridgehead atoms. The maximum atomic E-state index is 12.2. The third kappa shape index (κ3) is 4.24. The Hall–Kier alpha value is -2.57. The molecule has 3 aromatic rings. The van der Waals surface area contributed by atoms with Gasteiger partial charge in [-0.25, -0.2) is 0 Å². The SMILES string of the molecule is O=C(Nc1cc(Cl)cc(Cl)c1)c1ccc(NCc2ccco2)nn1. The Bertz CT molecular complexity index is 816. The van der Waals surface area contributed by atoms with Crippen LogP contribution in [0, 0.1) is 0 Å². The van der Waals surface area contributed by atoms with Crippen molar-refractivity contribution in [3.05, 3.63) is 70.2 Å².